The van der Waals surface area contributed by atoms with Crippen LogP contribution >= 0.6 is 0 Å². The molecular weight excluding hydrogens is 267 g/mol. The summed E-state index contributed by atoms with van der Waals surface area (Å²) in [5.41, 5.74) is 0.861. The Labute approximate surface area is 114 Å². The zero-order chi connectivity index (χ0) is 14.9. The van der Waals surface area contributed by atoms with E-state index in [1.165, 1.54) is 26.4 Å². The van der Waals surface area contributed by atoms with Gasteiger partial charge < -0.3 is 14.6 Å². The van der Waals surface area contributed by atoms with Crippen molar-refractivity contribution in [3.05, 3.63) is 29.2 Å². The maximum Gasteiger partial charge on any atom is 0.353 e. The van der Waals surface area contributed by atoms with Crippen LogP contribution in [0.4, 0.5) is 4.39 Å². The Morgan fingerprint density at radius 3 is 2.45 bits per heavy atom. The van der Waals surface area contributed by atoms with Gasteiger partial charge in [0.2, 0.25) is 0 Å². The number of aromatic carboxylic acids is 1. The summed E-state index contributed by atoms with van der Waals surface area (Å²) in [6.45, 7) is 1.73. The molecule has 0 atom stereocenters. The van der Waals surface area contributed by atoms with Gasteiger partial charge >= 0.3 is 5.97 Å². The van der Waals surface area contributed by atoms with Gasteiger partial charge in [-0.25, -0.2) is 9.18 Å². The molecule has 0 aliphatic carbocycles. The SMILES string of the molecule is COc1c(C)cc(-c2cc(C(=O)O)[nH]n2)c(F)c1OC. The van der Waals surface area contributed by atoms with Crippen LogP contribution in [0.25, 0.3) is 11.3 Å². The summed E-state index contributed by atoms with van der Waals surface area (Å²) in [5, 5.41) is 15.0. The van der Waals surface area contributed by atoms with E-state index in [1.54, 1.807) is 6.92 Å². The smallest absolute Gasteiger partial charge is 0.353 e. The number of nitrogens with one attached hydrogen (secondary N) is 1. The fourth-order valence-electron chi connectivity index (χ4n) is 1.94. The van der Waals surface area contributed by atoms with Crippen LogP contribution in [0.3, 0.4) is 0 Å². The number of aromatic nitrogens is 2. The topological polar surface area (TPSA) is 84.4 Å². The van der Waals surface area contributed by atoms with Crippen molar-refractivity contribution in [2.75, 3.05) is 14.2 Å². The van der Waals surface area contributed by atoms with E-state index in [4.69, 9.17) is 14.6 Å². The number of aromatic amines is 1. The number of methoxy groups -OCH3 is 2. The average molecular weight is 280 g/mol. The highest BCUT2D eigenvalue weighted by Gasteiger charge is 2.21. The average Bonchev–Trinajstić information content (AvgIpc) is 2.90. The standard InChI is InChI=1S/C13H13FN2O4/c1-6-4-7(8-5-9(13(17)18)16-15-8)10(14)12(20-3)11(6)19-2/h4-5H,1-3H3,(H,15,16)(H,17,18). The molecule has 2 rings (SSSR count). The van der Waals surface area contributed by atoms with Crippen molar-refractivity contribution < 1.29 is 23.8 Å². The van der Waals surface area contributed by atoms with Gasteiger partial charge in [0.05, 0.1) is 19.9 Å². The highest BCUT2D eigenvalue weighted by Crippen LogP contribution is 2.39. The molecule has 0 bridgehead atoms. The van der Waals surface area contributed by atoms with Gasteiger partial charge in [0, 0.05) is 5.56 Å². The number of aryl methyl sites for hydroxylation is 1. The molecule has 2 N–H and O–H groups in total. The van der Waals surface area contributed by atoms with Crippen LogP contribution in [0, 0.1) is 12.7 Å². The normalized spacial score (nSPS) is 10.4. The number of hydrogen-bond donors (Lipinski definition) is 2. The van der Waals surface area contributed by atoms with Gasteiger partial charge in [0.25, 0.3) is 0 Å². The van der Waals surface area contributed by atoms with E-state index in [-0.39, 0.29) is 22.7 Å². The van der Waals surface area contributed by atoms with Gasteiger partial charge in [-0.2, -0.15) is 5.10 Å². The summed E-state index contributed by atoms with van der Waals surface area (Å²) in [5.74, 6) is -1.56. The fourth-order valence-corrected chi connectivity index (χ4v) is 1.94. The molecule has 6 nitrogen and oxygen atoms in total. The van der Waals surface area contributed by atoms with Crippen molar-refractivity contribution in [2.24, 2.45) is 0 Å². The first-order valence-electron chi connectivity index (χ1n) is 5.69. The Morgan fingerprint density at radius 2 is 1.95 bits per heavy atom. The van der Waals surface area contributed by atoms with E-state index in [9.17, 15) is 9.18 Å². The van der Waals surface area contributed by atoms with E-state index in [0.717, 1.165) is 0 Å². The van der Waals surface area contributed by atoms with Gasteiger partial charge in [-0.3, -0.25) is 5.10 Å². The number of carboxylic acid groups (broad SMARTS) is 1. The molecule has 7 heteroatoms. The lowest BCUT2D eigenvalue weighted by Crippen LogP contribution is -1.99. The van der Waals surface area contributed by atoms with Crippen molar-refractivity contribution in [2.45, 2.75) is 6.92 Å². The third kappa shape index (κ3) is 2.18. The minimum atomic E-state index is -1.17. The first-order chi connectivity index (χ1) is 9.49. The lowest BCUT2D eigenvalue weighted by atomic mass is 10.1. The predicted molar refractivity (Wildman–Crippen MR) is 68.8 cm³/mol. The molecule has 0 fully saturated rings. The van der Waals surface area contributed by atoms with Crippen LogP contribution in [0.1, 0.15) is 16.1 Å². The van der Waals surface area contributed by atoms with E-state index in [1.807, 2.05) is 0 Å². The summed E-state index contributed by atoms with van der Waals surface area (Å²) < 4.78 is 24.5. The Balaban J connectivity index is 2.62. The Hall–Kier alpha value is -2.57. The highest BCUT2D eigenvalue weighted by molar-refractivity contribution is 5.87. The summed E-state index contributed by atoms with van der Waals surface area (Å²) in [7, 11) is 2.75. The number of hydrogen-bond acceptors (Lipinski definition) is 4. The maximum absolute atomic E-state index is 14.4. The number of ether oxygens (including phenoxy) is 2. The van der Waals surface area contributed by atoms with Crippen molar-refractivity contribution >= 4 is 5.97 Å². The van der Waals surface area contributed by atoms with E-state index in [2.05, 4.69) is 10.2 Å². The van der Waals surface area contributed by atoms with Crippen LogP contribution in [0.2, 0.25) is 0 Å². The van der Waals surface area contributed by atoms with E-state index in [0.29, 0.717) is 11.3 Å². The largest absolute Gasteiger partial charge is 0.492 e. The number of H-pyrrole nitrogens is 1. The van der Waals surface area contributed by atoms with Crippen LogP contribution in [0.15, 0.2) is 12.1 Å². The summed E-state index contributed by atoms with van der Waals surface area (Å²) in [6, 6.07) is 2.78. The van der Waals surface area contributed by atoms with E-state index < -0.39 is 11.8 Å². The third-order valence-electron chi connectivity index (χ3n) is 2.85. The second kappa shape index (κ2) is 5.20. The van der Waals surface area contributed by atoms with Crippen molar-refractivity contribution in [1.29, 1.82) is 0 Å². The molecule has 0 spiro atoms. The van der Waals surface area contributed by atoms with Crippen molar-refractivity contribution in [3.63, 3.8) is 0 Å². The molecule has 1 heterocycles. The molecular formula is C13H13FN2O4. The molecule has 0 amide bonds. The quantitative estimate of drug-likeness (QED) is 0.897. The Bertz CT molecular complexity index is 667. The second-order valence-electron chi connectivity index (χ2n) is 4.09. The van der Waals surface area contributed by atoms with Gasteiger partial charge in [-0.15, -0.1) is 0 Å². The molecule has 1 aromatic heterocycles. The zero-order valence-electron chi connectivity index (χ0n) is 11.2. The van der Waals surface area contributed by atoms with Crippen molar-refractivity contribution in [3.8, 4) is 22.8 Å². The number of nitrogens with zero attached hydrogens (tertiary/aromatic N) is 1. The van der Waals surface area contributed by atoms with Crippen LogP contribution in [-0.4, -0.2) is 35.5 Å². The third-order valence-corrected chi connectivity index (χ3v) is 2.85. The Kier molecular flexibility index (Phi) is 3.60. The molecule has 0 saturated carbocycles. The zero-order valence-corrected chi connectivity index (χ0v) is 11.2. The summed E-state index contributed by atoms with van der Waals surface area (Å²) in [6.07, 6.45) is 0. The second-order valence-corrected chi connectivity index (χ2v) is 4.09. The van der Waals surface area contributed by atoms with Crippen LogP contribution < -0.4 is 9.47 Å². The molecule has 0 unspecified atom stereocenters. The molecule has 0 radical (unpaired) electrons. The molecule has 0 aliphatic heterocycles. The van der Waals surface area contributed by atoms with Crippen LogP contribution in [0.5, 0.6) is 11.5 Å². The van der Waals surface area contributed by atoms with Crippen LogP contribution in [-0.2, 0) is 0 Å². The fraction of sp³-hybridized carbons (Fsp3) is 0.231. The molecule has 0 saturated heterocycles. The number of carbonyl (C=O) groups is 1. The minimum absolute atomic E-state index is 0.0395. The predicted octanol–water partition coefficient (Wildman–Crippen LogP) is 2.24. The Morgan fingerprint density at radius 1 is 1.30 bits per heavy atom. The summed E-state index contributed by atoms with van der Waals surface area (Å²) >= 11 is 0. The highest BCUT2D eigenvalue weighted by atomic mass is 19.1. The lowest BCUT2D eigenvalue weighted by Gasteiger charge is -2.13. The number of carboxylic acids is 1. The number of rotatable bonds is 4. The molecule has 0 aliphatic rings. The molecule has 2 aromatic rings. The van der Waals surface area contributed by atoms with Gasteiger partial charge in [0.15, 0.2) is 17.3 Å². The monoisotopic (exact) mass is 280 g/mol. The molecule has 106 valence electrons. The molecule has 1 aromatic carbocycles. The summed E-state index contributed by atoms with van der Waals surface area (Å²) in [4.78, 5) is 10.8. The first-order valence-corrected chi connectivity index (χ1v) is 5.69. The van der Waals surface area contributed by atoms with Gasteiger partial charge in [0.1, 0.15) is 5.69 Å². The lowest BCUT2D eigenvalue weighted by molar-refractivity contribution is 0.0690. The maximum atomic E-state index is 14.4. The van der Waals surface area contributed by atoms with Gasteiger partial charge in [-0.05, 0) is 24.6 Å². The van der Waals surface area contributed by atoms with E-state index >= 15 is 0 Å². The van der Waals surface area contributed by atoms with Crippen molar-refractivity contribution in [1.82, 2.24) is 10.2 Å². The van der Waals surface area contributed by atoms with Gasteiger partial charge in [-0.1, -0.05) is 0 Å². The first kappa shape index (κ1) is 13.9. The number of benzene rings is 1. The molecule has 20 heavy (non-hydrogen) atoms. The number of halogens is 1. The minimum Gasteiger partial charge on any atom is -0.492 e.